The fourth-order valence-corrected chi connectivity index (χ4v) is 2.10. The summed E-state index contributed by atoms with van der Waals surface area (Å²) in [6.07, 6.45) is -4.51. The normalized spacial score (nSPS) is 11.2. The van der Waals surface area contributed by atoms with Gasteiger partial charge in [0.25, 0.3) is 5.91 Å². The van der Waals surface area contributed by atoms with Crippen molar-refractivity contribution in [2.45, 2.75) is 20.0 Å². The lowest BCUT2D eigenvalue weighted by Crippen LogP contribution is -2.20. The number of hydrogen-bond acceptors (Lipinski definition) is 2. The Morgan fingerprint density at radius 2 is 1.83 bits per heavy atom. The number of benzene rings is 2. The molecule has 0 fully saturated rings. The summed E-state index contributed by atoms with van der Waals surface area (Å²) < 4.78 is 43.4. The maximum Gasteiger partial charge on any atom is 0.416 e. The highest BCUT2D eigenvalue weighted by Gasteiger charge is 2.31. The minimum Gasteiger partial charge on any atom is -0.484 e. The number of nitrogens with one attached hydrogen (secondary N) is 1. The van der Waals surface area contributed by atoms with Crippen molar-refractivity contribution < 1.29 is 22.7 Å². The summed E-state index contributed by atoms with van der Waals surface area (Å²) in [5.41, 5.74) is 1.09. The molecule has 0 unspecified atom stereocenters. The number of carbonyl (C=O) groups is 1. The first-order valence-electron chi connectivity index (χ1n) is 7.03. The molecule has 0 saturated carbocycles. The largest absolute Gasteiger partial charge is 0.484 e. The maximum absolute atomic E-state index is 12.7. The Kier molecular flexibility index (Phi) is 5.39. The van der Waals surface area contributed by atoms with Crippen LogP contribution in [0.2, 0.25) is 5.02 Å². The lowest BCUT2D eigenvalue weighted by Gasteiger charge is -2.12. The molecule has 0 bridgehead atoms. The molecule has 0 spiro atoms. The molecule has 0 aliphatic rings. The fourth-order valence-electron chi connectivity index (χ4n) is 1.94. The third-order valence-electron chi connectivity index (χ3n) is 3.42. The van der Waals surface area contributed by atoms with Gasteiger partial charge in [-0.3, -0.25) is 4.79 Å². The van der Waals surface area contributed by atoms with Gasteiger partial charge in [-0.25, -0.2) is 0 Å². The number of anilines is 1. The van der Waals surface area contributed by atoms with Crippen LogP contribution in [0.3, 0.4) is 0 Å². The molecule has 24 heavy (non-hydrogen) atoms. The number of hydrogen-bond donors (Lipinski definition) is 1. The van der Waals surface area contributed by atoms with E-state index in [1.807, 2.05) is 19.9 Å². The molecule has 0 radical (unpaired) electrons. The molecular formula is C17H15ClF3NO2. The summed E-state index contributed by atoms with van der Waals surface area (Å²) in [6.45, 7) is 3.52. The molecule has 0 aromatic heterocycles. The molecule has 0 heterocycles. The van der Waals surface area contributed by atoms with Gasteiger partial charge in [-0.05, 0) is 55.3 Å². The molecule has 2 aromatic carbocycles. The fraction of sp³-hybridized carbons (Fsp3) is 0.235. The van der Waals surface area contributed by atoms with Crippen molar-refractivity contribution in [1.82, 2.24) is 0 Å². The summed E-state index contributed by atoms with van der Waals surface area (Å²) in [7, 11) is 0. The molecule has 3 nitrogen and oxygen atoms in total. The second-order valence-corrected chi connectivity index (χ2v) is 5.68. The van der Waals surface area contributed by atoms with E-state index in [0.29, 0.717) is 5.75 Å². The monoisotopic (exact) mass is 357 g/mol. The van der Waals surface area contributed by atoms with Gasteiger partial charge in [0.15, 0.2) is 6.61 Å². The van der Waals surface area contributed by atoms with E-state index in [9.17, 15) is 18.0 Å². The highest BCUT2D eigenvalue weighted by atomic mass is 35.5. The van der Waals surface area contributed by atoms with E-state index in [2.05, 4.69) is 5.32 Å². The van der Waals surface area contributed by atoms with Crippen molar-refractivity contribution in [2.75, 3.05) is 11.9 Å². The number of halogens is 4. The quantitative estimate of drug-likeness (QED) is 0.836. The SMILES string of the molecule is Cc1ccc(OCC(=O)Nc2cc(C(F)(F)F)ccc2Cl)cc1C. The zero-order valence-electron chi connectivity index (χ0n) is 13.0. The molecule has 2 aromatic rings. The number of aryl methyl sites for hydroxylation is 2. The van der Waals surface area contributed by atoms with Gasteiger partial charge in [0, 0.05) is 0 Å². The van der Waals surface area contributed by atoms with Gasteiger partial charge in [0.1, 0.15) is 5.75 Å². The summed E-state index contributed by atoms with van der Waals surface area (Å²) in [6, 6.07) is 8.07. The summed E-state index contributed by atoms with van der Waals surface area (Å²) in [5, 5.41) is 2.34. The minimum atomic E-state index is -4.51. The van der Waals surface area contributed by atoms with Crippen LogP contribution in [-0.4, -0.2) is 12.5 Å². The van der Waals surface area contributed by atoms with Gasteiger partial charge in [0.05, 0.1) is 16.3 Å². The first-order chi connectivity index (χ1) is 11.2. The molecular weight excluding hydrogens is 343 g/mol. The topological polar surface area (TPSA) is 38.3 Å². The van der Waals surface area contributed by atoms with Crippen molar-refractivity contribution in [1.29, 1.82) is 0 Å². The second kappa shape index (κ2) is 7.13. The summed E-state index contributed by atoms with van der Waals surface area (Å²) in [4.78, 5) is 11.9. The van der Waals surface area contributed by atoms with Crippen LogP contribution in [-0.2, 0) is 11.0 Å². The van der Waals surface area contributed by atoms with E-state index in [1.165, 1.54) is 0 Å². The molecule has 0 aliphatic carbocycles. The van der Waals surface area contributed by atoms with Crippen molar-refractivity contribution >= 4 is 23.2 Å². The Bertz CT molecular complexity index is 760. The predicted molar refractivity (Wildman–Crippen MR) is 86.5 cm³/mol. The lowest BCUT2D eigenvalue weighted by molar-refractivity contribution is -0.137. The molecule has 0 aliphatic heterocycles. The van der Waals surface area contributed by atoms with Crippen molar-refractivity contribution in [3.05, 3.63) is 58.1 Å². The van der Waals surface area contributed by atoms with Crippen LogP contribution >= 0.6 is 11.6 Å². The zero-order chi connectivity index (χ0) is 17.9. The summed E-state index contributed by atoms with van der Waals surface area (Å²) in [5.74, 6) is -0.0992. The predicted octanol–water partition coefficient (Wildman–Crippen LogP) is 4.99. The number of alkyl halides is 3. The highest BCUT2D eigenvalue weighted by molar-refractivity contribution is 6.33. The van der Waals surface area contributed by atoms with E-state index in [1.54, 1.807) is 12.1 Å². The standard InChI is InChI=1S/C17H15ClF3NO2/c1-10-3-5-13(7-11(10)2)24-9-16(23)22-15-8-12(17(19,20)21)4-6-14(15)18/h3-8H,9H2,1-2H3,(H,22,23). The van der Waals surface area contributed by atoms with E-state index in [4.69, 9.17) is 16.3 Å². The third-order valence-corrected chi connectivity index (χ3v) is 3.75. The van der Waals surface area contributed by atoms with Crippen LogP contribution in [0.1, 0.15) is 16.7 Å². The molecule has 0 saturated heterocycles. The van der Waals surface area contributed by atoms with Gasteiger partial charge < -0.3 is 10.1 Å². The van der Waals surface area contributed by atoms with Crippen LogP contribution in [0.25, 0.3) is 0 Å². The summed E-state index contributed by atoms with van der Waals surface area (Å²) >= 11 is 5.82. The Hall–Kier alpha value is -2.21. The average Bonchev–Trinajstić information content (AvgIpc) is 2.49. The maximum atomic E-state index is 12.7. The average molecular weight is 358 g/mol. The van der Waals surface area contributed by atoms with Crippen LogP contribution in [0.15, 0.2) is 36.4 Å². The van der Waals surface area contributed by atoms with Crippen molar-refractivity contribution in [3.63, 3.8) is 0 Å². The first-order valence-corrected chi connectivity index (χ1v) is 7.41. The third kappa shape index (κ3) is 4.64. The van der Waals surface area contributed by atoms with Crippen LogP contribution in [0.5, 0.6) is 5.75 Å². The Morgan fingerprint density at radius 1 is 1.12 bits per heavy atom. The zero-order valence-corrected chi connectivity index (χ0v) is 13.8. The highest BCUT2D eigenvalue weighted by Crippen LogP contribution is 2.33. The van der Waals surface area contributed by atoms with Crippen LogP contribution in [0.4, 0.5) is 18.9 Å². The molecule has 1 N–H and O–H groups in total. The Morgan fingerprint density at radius 3 is 2.46 bits per heavy atom. The van der Waals surface area contributed by atoms with Crippen molar-refractivity contribution in [2.24, 2.45) is 0 Å². The van der Waals surface area contributed by atoms with Gasteiger partial charge in [0.2, 0.25) is 0 Å². The number of amides is 1. The van der Waals surface area contributed by atoms with E-state index >= 15 is 0 Å². The molecule has 1 amide bonds. The first kappa shape index (κ1) is 18.1. The number of ether oxygens (including phenoxy) is 1. The molecule has 0 atom stereocenters. The Labute approximate surface area is 142 Å². The Balaban J connectivity index is 2.03. The second-order valence-electron chi connectivity index (χ2n) is 5.28. The van der Waals surface area contributed by atoms with E-state index in [-0.39, 0.29) is 17.3 Å². The molecule has 7 heteroatoms. The molecule has 128 valence electrons. The van der Waals surface area contributed by atoms with Gasteiger partial charge in [-0.2, -0.15) is 13.2 Å². The number of carbonyl (C=O) groups excluding carboxylic acids is 1. The number of rotatable bonds is 4. The van der Waals surface area contributed by atoms with Gasteiger partial charge >= 0.3 is 6.18 Å². The van der Waals surface area contributed by atoms with Crippen LogP contribution < -0.4 is 10.1 Å². The van der Waals surface area contributed by atoms with Gasteiger partial charge in [-0.1, -0.05) is 17.7 Å². The lowest BCUT2D eigenvalue weighted by atomic mass is 10.1. The smallest absolute Gasteiger partial charge is 0.416 e. The molecule has 2 rings (SSSR count). The van der Waals surface area contributed by atoms with Gasteiger partial charge in [-0.15, -0.1) is 0 Å². The van der Waals surface area contributed by atoms with E-state index in [0.717, 1.165) is 29.3 Å². The minimum absolute atomic E-state index is 0.0162. The van der Waals surface area contributed by atoms with E-state index < -0.39 is 17.6 Å². The van der Waals surface area contributed by atoms with Crippen molar-refractivity contribution in [3.8, 4) is 5.75 Å². The van der Waals surface area contributed by atoms with Crippen LogP contribution in [0, 0.1) is 13.8 Å².